The van der Waals surface area contributed by atoms with Gasteiger partial charge in [0.15, 0.2) is 6.29 Å². The van der Waals surface area contributed by atoms with Crippen LogP contribution in [0.25, 0.3) is 0 Å². The summed E-state index contributed by atoms with van der Waals surface area (Å²) in [6, 6.07) is 0. The van der Waals surface area contributed by atoms with Crippen molar-refractivity contribution in [1.29, 1.82) is 0 Å². The molecular weight excluding hydrogens is 156 g/mol. The Kier molecular flexibility index (Phi) is 4.53. The zero-order valence-electron chi connectivity index (χ0n) is 7.57. The first-order valence-corrected chi connectivity index (χ1v) is 4.48. The molecule has 0 amide bonds. The van der Waals surface area contributed by atoms with E-state index in [0.717, 1.165) is 26.2 Å². The molecule has 0 bridgehead atoms. The highest BCUT2D eigenvalue weighted by Gasteiger charge is 2.13. The Morgan fingerprint density at radius 3 is 2.75 bits per heavy atom. The maximum atomic E-state index is 9.31. The van der Waals surface area contributed by atoms with Crippen LogP contribution in [0.15, 0.2) is 0 Å². The lowest BCUT2D eigenvalue weighted by Crippen LogP contribution is -2.44. The fraction of sp³-hybridized carbons (Fsp3) is 1.00. The van der Waals surface area contributed by atoms with E-state index in [2.05, 4.69) is 10.2 Å². The molecule has 4 heteroatoms. The number of piperazine rings is 1. The summed E-state index contributed by atoms with van der Waals surface area (Å²) in [6.07, 6.45) is -0.631. The largest absolute Gasteiger partial charge is 0.367 e. The fourth-order valence-corrected chi connectivity index (χ4v) is 1.30. The highest BCUT2D eigenvalue weighted by Crippen LogP contribution is 1.96. The monoisotopic (exact) mass is 173 g/mol. The lowest BCUT2D eigenvalue weighted by atomic mass is 10.3. The van der Waals surface area contributed by atoms with Crippen LogP contribution >= 0.6 is 0 Å². The molecule has 0 aromatic rings. The highest BCUT2D eigenvalue weighted by atomic mass is 16.6. The quantitative estimate of drug-likeness (QED) is 0.570. The molecule has 1 unspecified atom stereocenters. The van der Waals surface area contributed by atoms with Crippen molar-refractivity contribution in [2.24, 2.45) is 0 Å². The second-order valence-corrected chi connectivity index (χ2v) is 2.88. The van der Waals surface area contributed by atoms with E-state index >= 15 is 0 Å². The number of β-amino-alcohol motifs (C(OH)–C–C–N with tert-alkyl or cyclic N) is 1. The Labute approximate surface area is 73.5 Å². The average molecular weight is 173 g/mol. The van der Waals surface area contributed by atoms with Crippen molar-refractivity contribution in [2.75, 3.05) is 39.3 Å². The van der Waals surface area contributed by atoms with E-state index in [1.54, 1.807) is 0 Å². The summed E-state index contributed by atoms with van der Waals surface area (Å²) in [5.74, 6) is 0. The van der Waals surface area contributed by atoms with Gasteiger partial charge in [-0.3, -0.25) is 4.90 Å². The predicted molar refractivity (Wildman–Crippen MR) is 45.9 cm³/mol. The molecule has 0 aliphatic carbocycles. The van der Waals surface area contributed by atoms with Crippen molar-refractivity contribution in [3.63, 3.8) is 0 Å². The Bertz CT molecular complexity index is 116. The van der Waals surface area contributed by atoms with Gasteiger partial charge < -0.3 is 9.84 Å². The molecule has 1 rings (SSSR count). The number of nitrogens with zero attached hydrogens (tertiary/aromatic N) is 2. The summed E-state index contributed by atoms with van der Waals surface area (Å²) in [5, 5.41) is 13.5. The van der Waals surface area contributed by atoms with Crippen molar-refractivity contribution < 1.29 is 9.84 Å². The van der Waals surface area contributed by atoms with E-state index < -0.39 is 6.29 Å². The van der Waals surface area contributed by atoms with Gasteiger partial charge in [0.2, 0.25) is 0 Å². The molecule has 1 N–H and O–H groups in total. The summed E-state index contributed by atoms with van der Waals surface area (Å²) >= 11 is 0. The van der Waals surface area contributed by atoms with E-state index in [1.807, 2.05) is 6.92 Å². The third-order valence-corrected chi connectivity index (χ3v) is 1.92. The molecule has 0 aromatic carbocycles. The Balaban J connectivity index is 2.11. The maximum absolute atomic E-state index is 9.31. The lowest BCUT2D eigenvalue weighted by molar-refractivity contribution is -0.110. The number of ether oxygens (including phenoxy) is 1. The molecule has 71 valence electrons. The molecule has 0 spiro atoms. The van der Waals surface area contributed by atoms with E-state index in [0.29, 0.717) is 13.2 Å². The van der Waals surface area contributed by atoms with Gasteiger partial charge in [-0.25, -0.2) is 5.32 Å². The standard InChI is InChI=1S/C8H17N2O2/c1-2-12-8(11)7-10-5-3-9-4-6-10/h8,11H,2-7H2,1H3. The van der Waals surface area contributed by atoms with Gasteiger partial charge in [0, 0.05) is 39.3 Å². The van der Waals surface area contributed by atoms with Crippen molar-refractivity contribution in [1.82, 2.24) is 10.2 Å². The molecule has 1 saturated heterocycles. The summed E-state index contributed by atoms with van der Waals surface area (Å²) in [5.41, 5.74) is 0. The molecule has 0 aromatic heterocycles. The van der Waals surface area contributed by atoms with Crippen LogP contribution in [0.1, 0.15) is 6.92 Å². The van der Waals surface area contributed by atoms with Gasteiger partial charge in [-0.2, -0.15) is 0 Å². The van der Waals surface area contributed by atoms with Crippen molar-refractivity contribution >= 4 is 0 Å². The zero-order chi connectivity index (χ0) is 8.81. The fourth-order valence-electron chi connectivity index (χ4n) is 1.30. The average Bonchev–Trinajstić information content (AvgIpc) is 2.06. The van der Waals surface area contributed by atoms with Crippen molar-refractivity contribution in [3.8, 4) is 0 Å². The first kappa shape index (κ1) is 9.92. The lowest BCUT2D eigenvalue weighted by Gasteiger charge is -2.27. The SMILES string of the molecule is CCOC(O)CN1CC[N]CC1. The molecule has 1 atom stereocenters. The smallest absolute Gasteiger partial charge is 0.167 e. The van der Waals surface area contributed by atoms with Crippen LogP contribution in [-0.2, 0) is 4.74 Å². The molecule has 1 aliphatic heterocycles. The van der Waals surface area contributed by atoms with Crippen molar-refractivity contribution in [3.05, 3.63) is 0 Å². The number of hydrogen-bond donors (Lipinski definition) is 1. The van der Waals surface area contributed by atoms with Crippen LogP contribution < -0.4 is 5.32 Å². The van der Waals surface area contributed by atoms with Crippen LogP contribution in [0, 0.1) is 0 Å². The Morgan fingerprint density at radius 2 is 2.17 bits per heavy atom. The first-order valence-electron chi connectivity index (χ1n) is 4.48. The third-order valence-electron chi connectivity index (χ3n) is 1.92. The topological polar surface area (TPSA) is 46.8 Å². The van der Waals surface area contributed by atoms with Gasteiger partial charge in [-0.1, -0.05) is 0 Å². The highest BCUT2D eigenvalue weighted by molar-refractivity contribution is 4.67. The van der Waals surface area contributed by atoms with Crippen LogP contribution in [0.5, 0.6) is 0 Å². The minimum absolute atomic E-state index is 0.569. The third kappa shape index (κ3) is 3.49. The summed E-state index contributed by atoms with van der Waals surface area (Å²) in [6.45, 7) is 6.74. The van der Waals surface area contributed by atoms with Gasteiger partial charge in [0.05, 0.1) is 0 Å². The normalized spacial score (nSPS) is 22.5. The van der Waals surface area contributed by atoms with Crippen molar-refractivity contribution in [2.45, 2.75) is 13.2 Å². The maximum Gasteiger partial charge on any atom is 0.167 e. The molecular formula is C8H17N2O2. The second kappa shape index (κ2) is 5.48. The zero-order valence-corrected chi connectivity index (χ0v) is 7.57. The summed E-state index contributed by atoms with van der Waals surface area (Å²) in [4.78, 5) is 2.17. The Morgan fingerprint density at radius 1 is 1.50 bits per heavy atom. The molecule has 1 fully saturated rings. The number of rotatable bonds is 4. The summed E-state index contributed by atoms with van der Waals surface area (Å²) in [7, 11) is 0. The molecule has 12 heavy (non-hydrogen) atoms. The van der Waals surface area contributed by atoms with Crippen LogP contribution in [-0.4, -0.2) is 55.6 Å². The molecule has 1 radical (unpaired) electrons. The Hall–Kier alpha value is -0.160. The minimum atomic E-state index is -0.631. The van der Waals surface area contributed by atoms with Gasteiger partial charge in [-0.15, -0.1) is 0 Å². The van der Waals surface area contributed by atoms with Gasteiger partial charge in [0.1, 0.15) is 0 Å². The van der Waals surface area contributed by atoms with Gasteiger partial charge >= 0.3 is 0 Å². The number of hydrogen-bond acceptors (Lipinski definition) is 3. The van der Waals surface area contributed by atoms with Crippen LogP contribution in [0.2, 0.25) is 0 Å². The van der Waals surface area contributed by atoms with Gasteiger partial charge in [-0.05, 0) is 6.92 Å². The molecule has 4 nitrogen and oxygen atoms in total. The number of aliphatic hydroxyl groups excluding tert-OH is 1. The first-order chi connectivity index (χ1) is 5.83. The van der Waals surface area contributed by atoms with E-state index in [-0.39, 0.29) is 0 Å². The molecule has 1 aliphatic rings. The minimum Gasteiger partial charge on any atom is -0.367 e. The number of aliphatic hydroxyl groups is 1. The molecule has 0 saturated carbocycles. The predicted octanol–water partition coefficient (Wildman–Crippen LogP) is -0.739. The van der Waals surface area contributed by atoms with Crippen LogP contribution in [0.4, 0.5) is 0 Å². The summed E-state index contributed by atoms with van der Waals surface area (Å²) < 4.78 is 5.03. The molecule has 1 heterocycles. The van der Waals surface area contributed by atoms with E-state index in [1.165, 1.54) is 0 Å². The van der Waals surface area contributed by atoms with Gasteiger partial charge in [0.25, 0.3) is 0 Å². The van der Waals surface area contributed by atoms with E-state index in [4.69, 9.17) is 4.74 Å². The second-order valence-electron chi connectivity index (χ2n) is 2.88. The van der Waals surface area contributed by atoms with E-state index in [9.17, 15) is 5.11 Å². The van der Waals surface area contributed by atoms with Crippen LogP contribution in [0.3, 0.4) is 0 Å².